The summed E-state index contributed by atoms with van der Waals surface area (Å²) in [6, 6.07) is 22.5. The molecule has 0 radical (unpaired) electrons. The second-order valence-electron chi connectivity index (χ2n) is 6.84. The lowest BCUT2D eigenvalue weighted by Crippen LogP contribution is -2.00. The topological polar surface area (TPSA) is 76.2 Å². The maximum Gasteiger partial charge on any atom is 0.203 e. The first kappa shape index (κ1) is 18.5. The number of ketones is 1. The van der Waals surface area contributed by atoms with Gasteiger partial charge in [0.15, 0.2) is 0 Å². The molecule has 5 rings (SSSR count). The summed E-state index contributed by atoms with van der Waals surface area (Å²) < 4.78 is 0.876. The molecule has 0 unspecified atom stereocenters. The van der Waals surface area contributed by atoms with E-state index in [2.05, 4.69) is 4.98 Å². The molecular formula is C24H16N2O2S2. The van der Waals surface area contributed by atoms with Crippen molar-refractivity contribution in [3.05, 3.63) is 88.6 Å². The van der Waals surface area contributed by atoms with Crippen LogP contribution in [0.25, 0.3) is 31.8 Å². The third-order valence-corrected chi connectivity index (χ3v) is 6.92. The van der Waals surface area contributed by atoms with Gasteiger partial charge in [0.2, 0.25) is 5.78 Å². The second kappa shape index (κ2) is 7.40. The van der Waals surface area contributed by atoms with Gasteiger partial charge in [-0.2, -0.15) is 0 Å². The number of carbonyl (C=O) groups excluding carboxylic acids is 1. The van der Waals surface area contributed by atoms with Crippen molar-refractivity contribution < 1.29 is 9.90 Å². The van der Waals surface area contributed by atoms with Crippen LogP contribution in [0, 0.1) is 0 Å². The van der Waals surface area contributed by atoms with Crippen LogP contribution in [0.1, 0.15) is 15.2 Å². The van der Waals surface area contributed by atoms with E-state index in [9.17, 15) is 9.90 Å². The van der Waals surface area contributed by atoms with Crippen LogP contribution < -0.4 is 5.73 Å². The number of hydrogen-bond acceptors (Lipinski definition) is 6. The van der Waals surface area contributed by atoms with Gasteiger partial charge in [0.1, 0.15) is 16.6 Å². The molecule has 30 heavy (non-hydrogen) atoms. The molecule has 4 nitrogen and oxygen atoms in total. The number of nitrogens with zero attached hydrogens (tertiary/aromatic N) is 1. The Balaban J connectivity index is 1.66. The number of anilines is 1. The van der Waals surface area contributed by atoms with Gasteiger partial charge in [0.25, 0.3) is 0 Å². The summed E-state index contributed by atoms with van der Waals surface area (Å²) in [5, 5.41) is 13.6. The van der Waals surface area contributed by atoms with Gasteiger partial charge < -0.3 is 10.8 Å². The van der Waals surface area contributed by atoms with Crippen LogP contribution in [0.15, 0.2) is 78.2 Å². The molecule has 2 heterocycles. The van der Waals surface area contributed by atoms with Gasteiger partial charge in [-0.3, -0.25) is 4.79 Å². The number of rotatable bonds is 4. The van der Waals surface area contributed by atoms with Crippen LogP contribution in [0.3, 0.4) is 0 Å². The number of carbonyl (C=O) groups is 1. The fourth-order valence-corrected chi connectivity index (χ4v) is 5.39. The number of hydrogen-bond donors (Lipinski definition) is 2. The average molecular weight is 429 g/mol. The maximum atomic E-state index is 13.3. The Labute approximate surface area is 180 Å². The number of fused-ring (bicyclic) bond motifs is 1. The van der Waals surface area contributed by atoms with Crippen molar-refractivity contribution >= 4 is 44.4 Å². The largest absolute Gasteiger partial charge is 0.508 e. The average Bonchev–Trinajstić information content (AvgIpc) is 3.37. The lowest BCUT2D eigenvalue weighted by molar-refractivity contribution is 0.104. The number of nitrogens with two attached hydrogens (primary N) is 1. The van der Waals surface area contributed by atoms with Crippen LogP contribution in [0.2, 0.25) is 0 Å². The molecule has 0 saturated heterocycles. The maximum absolute atomic E-state index is 13.3. The zero-order chi connectivity index (χ0) is 20.7. The minimum absolute atomic E-state index is 0.0249. The first-order valence-corrected chi connectivity index (χ1v) is 11.0. The molecule has 2 aromatic heterocycles. The third-order valence-electron chi connectivity index (χ3n) is 4.86. The Morgan fingerprint density at radius 2 is 1.67 bits per heavy atom. The number of phenolic OH excluding ortho intramolecular Hbond substituents is 1. The SMILES string of the molecule is Nc1csc(-c2ccc(-c3c(C(=O)c4ccccc4)sc4cc(O)ccc34)cc2)n1. The molecule has 146 valence electrons. The van der Waals surface area contributed by atoms with Crippen LogP contribution in [-0.2, 0) is 0 Å². The fraction of sp³-hybridized carbons (Fsp3) is 0. The molecule has 0 aliphatic heterocycles. The van der Waals surface area contributed by atoms with Crippen molar-refractivity contribution in [1.29, 1.82) is 0 Å². The fourth-order valence-electron chi connectivity index (χ4n) is 3.45. The number of thiophene rings is 1. The lowest BCUT2D eigenvalue weighted by Gasteiger charge is -2.06. The van der Waals surface area contributed by atoms with Gasteiger partial charge in [-0.25, -0.2) is 4.98 Å². The number of thiazole rings is 1. The number of benzene rings is 3. The Morgan fingerprint density at radius 1 is 0.933 bits per heavy atom. The Kier molecular flexibility index (Phi) is 4.58. The monoisotopic (exact) mass is 428 g/mol. The van der Waals surface area contributed by atoms with E-state index in [4.69, 9.17) is 5.73 Å². The molecule has 6 heteroatoms. The first-order chi connectivity index (χ1) is 14.6. The summed E-state index contributed by atoms with van der Waals surface area (Å²) in [5.74, 6) is 0.673. The van der Waals surface area contributed by atoms with E-state index in [0.29, 0.717) is 16.3 Å². The Hall–Kier alpha value is -3.48. The van der Waals surface area contributed by atoms with Gasteiger partial charge >= 0.3 is 0 Å². The molecule has 0 aliphatic carbocycles. The predicted molar refractivity (Wildman–Crippen MR) is 124 cm³/mol. The summed E-state index contributed by atoms with van der Waals surface area (Å²) in [7, 11) is 0. The minimum atomic E-state index is -0.0249. The summed E-state index contributed by atoms with van der Waals surface area (Å²) in [6.07, 6.45) is 0. The zero-order valence-corrected chi connectivity index (χ0v) is 17.3. The van der Waals surface area contributed by atoms with Crippen molar-refractivity contribution in [2.75, 3.05) is 5.73 Å². The van der Waals surface area contributed by atoms with E-state index < -0.39 is 0 Å². The van der Waals surface area contributed by atoms with Gasteiger partial charge in [-0.05, 0) is 23.8 Å². The zero-order valence-electron chi connectivity index (χ0n) is 15.7. The molecular weight excluding hydrogens is 412 g/mol. The van der Waals surface area contributed by atoms with E-state index in [0.717, 1.165) is 31.8 Å². The number of aromatic hydroxyl groups is 1. The summed E-state index contributed by atoms with van der Waals surface area (Å²) in [4.78, 5) is 18.3. The molecule has 0 aliphatic rings. The number of aromatic nitrogens is 1. The number of nitrogen functional groups attached to an aromatic ring is 1. The molecule has 0 fully saturated rings. The van der Waals surface area contributed by atoms with Gasteiger partial charge in [0.05, 0.1) is 4.88 Å². The molecule has 3 aromatic carbocycles. The Morgan fingerprint density at radius 3 is 2.37 bits per heavy atom. The van der Waals surface area contributed by atoms with Crippen molar-refractivity contribution in [1.82, 2.24) is 4.98 Å². The molecule has 0 bridgehead atoms. The van der Waals surface area contributed by atoms with Crippen LogP contribution in [0.5, 0.6) is 5.75 Å². The molecule has 0 atom stereocenters. The molecule has 0 spiro atoms. The summed E-state index contributed by atoms with van der Waals surface area (Å²) in [5.41, 5.74) is 9.20. The molecule has 0 amide bonds. The minimum Gasteiger partial charge on any atom is -0.508 e. The van der Waals surface area contributed by atoms with E-state index >= 15 is 0 Å². The highest BCUT2D eigenvalue weighted by molar-refractivity contribution is 7.21. The molecule has 0 saturated carbocycles. The first-order valence-electron chi connectivity index (χ1n) is 9.27. The van der Waals surface area contributed by atoms with Gasteiger partial charge in [-0.1, -0.05) is 54.6 Å². The predicted octanol–water partition coefficient (Wildman–Crippen LogP) is 6.21. The summed E-state index contributed by atoms with van der Waals surface area (Å²) in [6.45, 7) is 0. The van der Waals surface area contributed by atoms with E-state index in [1.165, 1.54) is 22.7 Å². The third kappa shape index (κ3) is 3.26. The molecule has 3 N–H and O–H groups in total. The van der Waals surface area contributed by atoms with Crippen molar-refractivity contribution in [2.24, 2.45) is 0 Å². The second-order valence-corrected chi connectivity index (χ2v) is 8.75. The van der Waals surface area contributed by atoms with Gasteiger partial charge in [-0.15, -0.1) is 22.7 Å². The lowest BCUT2D eigenvalue weighted by atomic mass is 9.97. The normalized spacial score (nSPS) is 11.1. The van der Waals surface area contributed by atoms with Crippen LogP contribution in [-0.4, -0.2) is 15.9 Å². The standard InChI is InChI=1S/C24H16N2O2S2/c25-20-13-29-24(26-20)16-8-6-14(7-9-16)21-18-11-10-17(27)12-19(18)30-23(21)22(28)15-4-2-1-3-5-15/h1-13,27H,25H2. The van der Waals surface area contributed by atoms with Crippen LogP contribution in [0.4, 0.5) is 5.82 Å². The van der Waals surface area contributed by atoms with E-state index in [1.54, 1.807) is 12.1 Å². The van der Waals surface area contributed by atoms with E-state index in [1.807, 2.05) is 66.0 Å². The quantitative estimate of drug-likeness (QED) is 0.334. The van der Waals surface area contributed by atoms with E-state index in [-0.39, 0.29) is 11.5 Å². The van der Waals surface area contributed by atoms with Crippen molar-refractivity contribution in [3.8, 4) is 27.4 Å². The Bertz CT molecular complexity index is 1370. The van der Waals surface area contributed by atoms with Crippen LogP contribution >= 0.6 is 22.7 Å². The highest BCUT2D eigenvalue weighted by Gasteiger charge is 2.21. The highest BCUT2D eigenvalue weighted by atomic mass is 32.1. The van der Waals surface area contributed by atoms with Gasteiger partial charge in [0, 0.05) is 32.2 Å². The highest BCUT2D eigenvalue weighted by Crippen LogP contribution is 2.41. The van der Waals surface area contributed by atoms with Crippen molar-refractivity contribution in [3.63, 3.8) is 0 Å². The molecule has 5 aromatic rings. The number of phenols is 1. The summed E-state index contributed by atoms with van der Waals surface area (Å²) >= 11 is 2.90. The van der Waals surface area contributed by atoms with Crippen molar-refractivity contribution in [2.45, 2.75) is 0 Å². The smallest absolute Gasteiger partial charge is 0.203 e.